The molecule has 0 aromatic rings. The van der Waals surface area contributed by atoms with Crippen LogP contribution in [-0.4, -0.2) is 23.5 Å². The van der Waals surface area contributed by atoms with Crippen LogP contribution < -0.4 is 0 Å². The molecule has 0 amide bonds. The maximum atomic E-state index is 2.74. The minimum atomic E-state index is 0.742. The van der Waals surface area contributed by atoms with Crippen LogP contribution in [0.2, 0.25) is 0 Å². The van der Waals surface area contributed by atoms with Crippen molar-refractivity contribution in [1.29, 1.82) is 0 Å². The van der Waals surface area contributed by atoms with Crippen molar-refractivity contribution in [3.63, 3.8) is 0 Å². The maximum Gasteiger partial charge on any atom is 0.0152 e. The minimum Gasteiger partial charge on any atom is -0.297 e. The highest BCUT2D eigenvalue weighted by molar-refractivity contribution is 4.97. The fourth-order valence-electron chi connectivity index (χ4n) is 3.38. The molecule has 2 rings (SSSR count). The molecule has 1 nitrogen and oxygen atoms in total. The summed E-state index contributed by atoms with van der Waals surface area (Å²) in [5, 5.41) is 0. The Morgan fingerprint density at radius 2 is 1.64 bits per heavy atom. The molecule has 0 N–H and O–H groups in total. The van der Waals surface area contributed by atoms with Gasteiger partial charge in [0.25, 0.3) is 0 Å². The van der Waals surface area contributed by atoms with Crippen molar-refractivity contribution in [2.45, 2.75) is 59.0 Å². The van der Waals surface area contributed by atoms with Gasteiger partial charge in [-0.1, -0.05) is 13.8 Å². The van der Waals surface area contributed by atoms with E-state index in [2.05, 4.69) is 32.6 Å². The molecule has 2 atom stereocenters. The van der Waals surface area contributed by atoms with Crippen LogP contribution in [0.3, 0.4) is 0 Å². The molecule has 2 aliphatic rings. The van der Waals surface area contributed by atoms with Crippen molar-refractivity contribution in [1.82, 2.24) is 4.90 Å². The maximum absolute atomic E-state index is 2.74. The highest BCUT2D eigenvalue weighted by Gasteiger charge is 2.44. The molecule has 0 radical (unpaired) electrons. The van der Waals surface area contributed by atoms with Crippen LogP contribution in [0.15, 0.2) is 0 Å². The summed E-state index contributed by atoms with van der Waals surface area (Å²) in [6.07, 6.45) is 4.49. The monoisotopic (exact) mass is 195 g/mol. The summed E-state index contributed by atoms with van der Waals surface area (Å²) >= 11 is 0. The second-order valence-corrected chi connectivity index (χ2v) is 5.86. The van der Waals surface area contributed by atoms with Gasteiger partial charge in [0.05, 0.1) is 0 Å². The van der Waals surface area contributed by atoms with Gasteiger partial charge in [-0.3, -0.25) is 4.90 Å². The Hall–Kier alpha value is -0.0400. The summed E-state index contributed by atoms with van der Waals surface area (Å²) in [5.74, 6) is 2.95. The van der Waals surface area contributed by atoms with Gasteiger partial charge in [-0.25, -0.2) is 0 Å². The molecule has 0 bridgehead atoms. The highest BCUT2D eigenvalue weighted by Crippen LogP contribution is 2.46. The van der Waals surface area contributed by atoms with Crippen LogP contribution in [0.25, 0.3) is 0 Å². The molecule has 82 valence electrons. The first-order chi connectivity index (χ1) is 6.61. The summed E-state index contributed by atoms with van der Waals surface area (Å²) in [6, 6.07) is 1.62. The largest absolute Gasteiger partial charge is 0.297 e. The Kier molecular flexibility index (Phi) is 2.88. The molecule has 2 fully saturated rings. The first-order valence-corrected chi connectivity index (χ1v) is 6.37. The SMILES string of the molecule is CC(C)C1C(C2CC2)CCN1C(C)C. The van der Waals surface area contributed by atoms with Crippen LogP contribution in [0.1, 0.15) is 47.0 Å². The zero-order valence-corrected chi connectivity index (χ0v) is 10.2. The van der Waals surface area contributed by atoms with E-state index in [1.165, 1.54) is 25.8 Å². The zero-order valence-electron chi connectivity index (χ0n) is 10.2. The number of likely N-dealkylation sites (tertiary alicyclic amines) is 1. The molecule has 1 saturated carbocycles. The van der Waals surface area contributed by atoms with Crippen LogP contribution in [-0.2, 0) is 0 Å². The quantitative estimate of drug-likeness (QED) is 0.668. The molecule has 0 aromatic heterocycles. The Bertz CT molecular complexity index is 183. The van der Waals surface area contributed by atoms with Gasteiger partial charge >= 0.3 is 0 Å². The molecule has 2 unspecified atom stereocenters. The van der Waals surface area contributed by atoms with E-state index in [9.17, 15) is 0 Å². The van der Waals surface area contributed by atoms with E-state index in [1.807, 2.05) is 0 Å². The third-order valence-electron chi connectivity index (χ3n) is 4.12. The van der Waals surface area contributed by atoms with E-state index < -0.39 is 0 Å². The number of rotatable bonds is 3. The topological polar surface area (TPSA) is 3.24 Å². The Balaban J connectivity index is 2.06. The van der Waals surface area contributed by atoms with Gasteiger partial charge in [-0.15, -0.1) is 0 Å². The first-order valence-electron chi connectivity index (χ1n) is 6.37. The lowest BCUT2D eigenvalue weighted by Gasteiger charge is -2.34. The van der Waals surface area contributed by atoms with Crippen LogP contribution >= 0.6 is 0 Å². The van der Waals surface area contributed by atoms with Crippen LogP contribution in [0.4, 0.5) is 0 Å². The van der Waals surface area contributed by atoms with E-state index in [0.29, 0.717) is 0 Å². The average molecular weight is 195 g/mol. The summed E-state index contributed by atoms with van der Waals surface area (Å²) in [7, 11) is 0. The fraction of sp³-hybridized carbons (Fsp3) is 1.00. The first kappa shape index (κ1) is 10.5. The predicted molar refractivity (Wildman–Crippen MR) is 61.3 cm³/mol. The van der Waals surface area contributed by atoms with Crippen molar-refractivity contribution >= 4 is 0 Å². The molecule has 1 aliphatic carbocycles. The lowest BCUT2D eigenvalue weighted by Crippen LogP contribution is -2.41. The second kappa shape index (κ2) is 3.84. The molecule has 1 heteroatoms. The van der Waals surface area contributed by atoms with Crippen molar-refractivity contribution in [2.24, 2.45) is 17.8 Å². The zero-order chi connectivity index (χ0) is 10.3. The lowest BCUT2D eigenvalue weighted by molar-refractivity contribution is 0.134. The van der Waals surface area contributed by atoms with E-state index in [4.69, 9.17) is 0 Å². The summed E-state index contributed by atoms with van der Waals surface area (Å²) in [6.45, 7) is 10.9. The summed E-state index contributed by atoms with van der Waals surface area (Å²) < 4.78 is 0. The lowest BCUT2D eigenvalue weighted by atomic mass is 9.87. The van der Waals surface area contributed by atoms with Gasteiger partial charge in [0.2, 0.25) is 0 Å². The molecule has 0 spiro atoms. The van der Waals surface area contributed by atoms with E-state index in [0.717, 1.165) is 29.8 Å². The van der Waals surface area contributed by atoms with Gasteiger partial charge < -0.3 is 0 Å². The van der Waals surface area contributed by atoms with Crippen LogP contribution in [0.5, 0.6) is 0 Å². The van der Waals surface area contributed by atoms with Crippen molar-refractivity contribution in [3.05, 3.63) is 0 Å². The molecule has 1 saturated heterocycles. The average Bonchev–Trinajstić information content (AvgIpc) is 2.83. The molecular weight excluding hydrogens is 170 g/mol. The second-order valence-electron chi connectivity index (χ2n) is 5.86. The molecular formula is C13H25N. The molecule has 0 aromatic carbocycles. The van der Waals surface area contributed by atoms with E-state index in [1.54, 1.807) is 0 Å². The van der Waals surface area contributed by atoms with Gasteiger partial charge in [-0.2, -0.15) is 0 Å². The minimum absolute atomic E-state index is 0.742. The van der Waals surface area contributed by atoms with Crippen LogP contribution in [0, 0.1) is 17.8 Å². The van der Waals surface area contributed by atoms with E-state index in [-0.39, 0.29) is 0 Å². The molecule has 1 heterocycles. The Morgan fingerprint density at radius 3 is 2.07 bits per heavy atom. The molecule has 14 heavy (non-hydrogen) atoms. The Labute approximate surface area is 88.9 Å². The summed E-state index contributed by atoms with van der Waals surface area (Å²) in [4.78, 5) is 2.74. The summed E-state index contributed by atoms with van der Waals surface area (Å²) in [5.41, 5.74) is 0. The van der Waals surface area contributed by atoms with Gasteiger partial charge in [-0.05, 0) is 57.4 Å². The van der Waals surface area contributed by atoms with Crippen molar-refractivity contribution in [3.8, 4) is 0 Å². The normalized spacial score (nSPS) is 34.7. The van der Waals surface area contributed by atoms with Crippen molar-refractivity contribution in [2.75, 3.05) is 6.54 Å². The third kappa shape index (κ3) is 1.84. The van der Waals surface area contributed by atoms with Gasteiger partial charge in [0.1, 0.15) is 0 Å². The predicted octanol–water partition coefficient (Wildman–Crippen LogP) is 3.15. The molecule has 1 aliphatic heterocycles. The Morgan fingerprint density at radius 1 is 1.00 bits per heavy atom. The van der Waals surface area contributed by atoms with Crippen molar-refractivity contribution < 1.29 is 0 Å². The smallest absolute Gasteiger partial charge is 0.0152 e. The van der Waals surface area contributed by atoms with Gasteiger partial charge in [0, 0.05) is 12.1 Å². The van der Waals surface area contributed by atoms with E-state index >= 15 is 0 Å². The number of hydrogen-bond donors (Lipinski definition) is 0. The third-order valence-corrected chi connectivity index (χ3v) is 4.12. The number of hydrogen-bond acceptors (Lipinski definition) is 1. The highest BCUT2D eigenvalue weighted by atomic mass is 15.2. The standard InChI is InChI=1S/C13H25N/c1-9(2)13-12(11-5-6-11)7-8-14(13)10(3)4/h9-13H,5-8H2,1-4H3. The van der Waals surface area contributed by atoms with Gasteiger partial charge in [0.15, 0.2) is 0 Å². The number of nitrogens with zero attached hydrogens (tertiary/aromatic N) is 1. The fourth-order valence-corrected chi connectivity index (χ4v) is 3.38.